The molecular formula is C12H14N2O2. The number of anilines is 1. The van der Waals surface area contributed by atoms with Gasteiger partial charge in [-0.25, -0.2) is 9.78 Å². The highest BCUT2D eigenvalue weighted by Crippen LogP contribution is 2.09. The number of esters is 1. The monoisotopic (exact) mass is 218 g/mol. The molecule has 84 valence electrons. The van der Waals surface area contributed by atoms with Crippen molar-refractivity contribution in [3.05, 3.63) is 23.9 Å². The summed E-state index contributed by atoms with van der Waals surface area (Å²) < 4.78 is 4.85. The fraction of sp³-hybridized carbons (Fsp3) is 0.333. The van der Waals surface area contributed by atoms with E-state index in [1.807, 2.05) is 11.9 Å². The maximum atomic E-state index is 11.3. The number of hydrogen-bond donors (Lipinski definition) is 0. The molecule has 0 radical (unpaired) electrons. The van der Waals surface area contributed by atoms with E-state index in [4.69, 9.17) is 11.2 Å². The molecule has 4 nitrogen and oxygen atoms in total. The fourth-order valence-corrected chi connectivity index (χ4v) is 1.16. The minimum absolute atomic E-state index is 0.359. The summed E-state index contributed by atoms with van der Waals surface area (Å²) in [6.07, 6.45) is 6.68. The lowest BCUT2D eigenvalue weighted by Crippen LogP contribution is -2.18. The average Bonchev–Trinajstić information content (AvgIpc) is 2.30. The van der Waals surface area contributed by atoms with E-state index in [0.29, 0.717) is 18.7 Å². The Morgan fingerprint density at radius 2 is 2.38 bits per heavy atom. The molecule has 0 aliphatic heterocycles. The number of carbonyl (C=O) groups excluding carboxylic acids is 1. The molecule has 0 aromatic carbocycles. The van der Waals surface area contributed by atoms with Crippen LogP contribution < -0.4 is 4.90 Å². The maximum Gasteiger partial charge on any atom is 0.339 e. The molecule has 1 rings (SSSR count). The quantitative estimate of drug-likeness (QED) is 0.565. The van der Waals surface area contributed by atoms with Gasteiger partial charge >= 0.3 is 5.97 Å². The molecule has 0 N–H and O–H groups in total. The van der Waals surface area contributed by atoms with Crippen molar-refractivity contribution in [1.82, 2.24) is 4.98 Å². The van der Waals surface area contributed by atoms with Gasteiger partial charge in [0.2, 0.25) is 0 Å². The Hall–Kier alpha value is -2.02. The maximum absolute atomic E-state index is 11.3. The second kappa shape index (κ2) is 5.76. The van der Waals surface area contributed by atoms with Crippen molar-refractivity contribution in [2.24, 2.45) is 0 Å². The summed E-state index contributed by atoms with van der Waals surface area (Å²) in [6, 6.07) is 3.41. The van der Waals surface area contributed by atoms with Crippen LogP contribution in [0.25, 0.3) is 0 Å². The van der Waals surface area contributed by atoms with Gasteiger partial charge in [0, 0.05) is 13.2 Å². The molecule has 0 unspecified atom stereocenters. The molecule has 1 heterocycles. The summed E-state index contributed by atoms with van der Waals surface area (Å²) >= 11 is 0. The van der Waals surface area contributed by atoms with E-state index < -0.39 is 0 Å². The minimum atomic E-state index is -0.360. The van der Waals surface area contributed by atoms with Crippen molar-refractivity contribution in [2.75, 3.05) is 25.1 Å². The highest BCUT2D eigenvalue weighted by atomic mass is 16.5. The van der Waals surface area contributed by atoms with E-state index in [1.54, 1.807) is 19.1 Å². The van der Waals surface area contributed by atoms with Crippen LogP contribution in [-0.4, -0.2) is 31.2 Å². The van der Waals surface area contributed by atoms with Gasteiger partial charge in [0.1, 0.15) is 5.82 Å². The Morgan fingerprint density at radius 3 is 2.88 bits per heavy atom. The molecule has 4 heteroatoms. The number of ether oxygens (including phenoxy) is 1. The van der Waals surface area contributed by atoms with E-state index in [1.165, 1.54) is 6.20 Å². The number of nitrogens with zero attached hydrogens (tertiary/aromatic N) is 2. The molecule has 0 saturated heterocycles. The molecule has 1 aromatic heterocycles. The lowest BCUT2D eigenvalue weighted by molar-refractivity contribution is 0.0526. The van der Waals surface area contributed by atoms with Gasteiger partial charge in [0.15, 0.2) is 0 Å². The van der Waals surface area contributed by atoms with Crippen molar-refractivity contribution in [2.45, 2.75) is 6.92 Å². The van der Waals surface area contributed by atoms with Crippen LogP contribution in [0.2, 0.25) is 0 Å². The topological polar surface area (TPSA) is 42.4 Å². The Kier molecular flexibility index (Phi) is 4.34. The third-order valence-electron chi connectivity index (χ3n) is 1.98. The van der Waals surface area contributed by atoms with E-state index in [2.05, 4.69) is 10.9 Å². The highest BCUT2D eigenvalue weighted by Gasteiger charge is 2.07. The van der Waals surface area contributed by atoms with Gasteiger partial charge in [0.25, 0.3) is 0 Å². The Balaban J connectivity index is 2.75. The number of carbonyl (C=O) groups is 1. The Bertz CT molecular complexity index is 392. The lowest BCUT2D eigenvalue weighted by Gasteiger charge is -2.14. The van der Waals surface area contributed by atoms with Gasteiger partial charge in [-0.2, -0.15) is 0 Å². The zero-order chi connectivity index (χ0) is 12.0. The van der Waals surface area contributed by atoms with Gasteiger partial charge in [-0.1, -0.05) is 5.92 Å². The predicted molar refractivity (Wildman–Crippen MR) is 62.3 cm³/mol. The van der Waals surface area contributed by atoms with Crippen LogP contribution in [0.5, 0.6) is 0 Å². The molecule has 16 heavy (non-hydrogen) atoms. The van der Waals surface area contributed by atoms with Crippen LogP contribution in [0.15, 0.2) is 18.3 Å². The molecule has 0 saturated carbocycles. The summed E-state index contributed by atoms with van der Waals surface area (Å²) in [7, 11) is 1.84. The van der Waals surface area contributed by atoms with Gasteiger partial charge in [-0.05, 0) is 19.1 Å². The van der Waals surface area contributed by atoms with Crippen LogP contribution >= 0.6 is 0 Å². The second-order valence-corrected chi connectivity index (χ2v) is 3.19. The standard InChI is InChI=1S/C12H14N2O2/c1-4-8-14(3)11-7-6-10(9-13-11)12(15)16-5-2/h1,6-7,9H,5,8H2,2-3H3. The summed E-state index contributed by atoms with van der Waals surface area (Å²) in [5, 5.41) is 0. The van der Waals surface area contributed by atoms with Crippen molar-refractivity contribution in [3.8, 4) is 12.3 Å². The van der Waals surface area contributed by atoms with Crippen LogP contribution in [0.1, 0.15) is 17.3 Å². The number of pyridine rings is 1. The molecule has 0 atom stereocenters. The van der Waals surface area contributed by atoms with Gasteiger partial charge in [-0.15, -0.1) is 6.42 Å². The number of terminal acetylenes is 1. The Morgan fingerprint density at radius 1 is 1.62 bits per heavy atom. The van der Waals surface area contributed by atoms with Crippen LogP contribution in [0, 0.1) is 12.3 Å². The highest BCUT2D eigenvalue weighted by molar-refractivity contribution is 5.89. The average molecular weight is 218 g/mol. The van der Waals surface area contributed by atoms with E-state index in [0.717, 1.165) is 5.82 Å². The molecular weight excluding hydrogens is 204 g/mol. The molecule has 0 spiro atoms. The van der Waals surface area contributed by atoms with Crippen molar-refractivity contribution in [3.63, 3.8) is 0 Å². The van der Waals surface area contributed by atoms with Crippen molar-refractivity contribution >= 4 is 11.8 Å². The fourth-order valence-electron chi connectivity index (χ4n) is 1.16. The zero-order valence-electron chi connectivity index (χ0n) is 9.43. The summed E-state index contributed by atoms with van der Waals surface area (Å²) in [4.78, 5) is 17.3. The predicted octanol–water partition coefficient (Wildman–Crippen LogP) is 1.33. The van der Waals surface area contributed by atoms with E-state index in [-0.39, 0.29) is 5.97 Å². The van der Waals surface area contributed by atoms with Crippen molar-refractivity contribution < 1.29 is 9.53 Å². The molecule has 1 aromatic rings. The third kappa shape index (κ3) is 2.99. The lowest BCUT2D eigenvalue weighted by atomic mass is 10.3. The number of hydrogen-bond acceptors (Lipinski definition) is 4. The first-order chi connectivity index (χ1) is 7.69. The van der Waals surface area contributed by atoms with Crippen LogP contribution in [-0.2, 0) is 4.74 Å². The molecule has 0 bridgehead atoms. The SMILES string of the molecule is C#CCN(C)c1ccc(C(=O)OCC)cn1. The molecule has 0 amide bonds. The van der Waals surface area contributed by atoms with E-state index in [9.17, 15) is 4.79 Å². The second-order valence-electron chi connectivity index (χ2n) is 3.19. The third-order valence-corrected chi connectivity index (χ3v) is 1.98. The van der Waals surface area contributed by atoms with Gasteiger partial charge < -0.3 is 9.64 Å². The largest absolute Gasteiger partial charge is 0.462 e. The number of rotatable bonds is 4. The first-order valence-electron chi connectivity index (χ1n) is 4.96. The van der Waals surface area contributed by atoms with Gasteiger partial charge in [0.05, 0.1) is 18.7 Å². The van der Waals surface area contributed by atoms with Crippen molar-refractivity contribution in [1.29, 1.82) is 0 Å². The summed E-state index contributed by atoms with van der Waals surface area (Å²) in [5.74, 6) is 2.89. The first-order valence-corrected chi connectivity index (χ1v) is 4.96. The molecule has 0 aliphatic rings. The smallest absolute Gasteiger partial charge is 0.339 e. The normalized spacial score (nSPS) is 9.31. The zero-order valence-corrected chi connectivity index (χ0v) is 9.43. The van der Waals surface area contributed by atoms with Gasteiger partial charge in [-0.3, -0.25) is 0 Å². The molecule has 0 fully saturated rings. The summed E-state index contributed by atoms with van der Waals surface area (Å²) in [6.45, 7) is 2.60. The summed E-state index contributed by atoms with van der Waals surface area (Å²) in [5.41, 5.74) is 0.444. The van der Waals surface area contributed by atoms with Crippen LogP contribution in [0.3, 0.4) is 0 Å². The van der Waals surface area contributed by atoms with E-state index >= 15 is 0 Å². The minimum Gasteiger partial charge on any atom is -0.462 e. The number of aromatic nitrogens is 1. The van der Waals surface area contributed by atoms with Crippen LogP contribution in [0.4, 0.5) is 5.82 Å². The molecule has 0 aliphatic carbocycles. The first kappa shape index (κ1) is 12.1. The Labute approximate surface area is 95.2 Å².